The van der Waals surface area contributed by atoms with E-state index >= 15 is 0 Å². The Morgan fingerprint density at radius 3 is 2.64 bits per heavy atom. The van der Waals surface area contributed by atoms with Gasteiger partial charge in [-0.1, -0.05) is 17.3 Å². The van der Waals surface area contributed by atoms with E-state index in [4.69, 9.17) is 10.3 Å². The van der Waals surface area contributed by atoms with Crippen molar-refractivity contribution in [3.8, 4) is 0 Å². The van der Waals surface area contributed by atoms with Crippen molar-refractivity contribution in [3.63, 3.8) is 0 Å². The largest absolute Gasteiger partial charge is 0.361 e. The van der Waals surface area contributed by atoms with Crippen molar-refractivity contribution in [2.45, 2.75) is 43.4 Å². The molecule has 0 bridgehead atoms. The van der Waals surface area contributed by atoms with Crippen LogP contribution in [0.25, 0.3) is 0 Å². The van der Waals surface area contributed by atoms with Gasteiger partial charge in [-0.15, -0.1) is 24.2 Å². The first-order valence-corrected chi connectivity index (χ1v) is 9.23. The minimum atomic E-state index is 0. The third-order valence-corrected chi connectivity index (χ3v) is 5.60. The Labute approximate surface area is 158 Å². The lowest BCUT2D eigenvalue weighted by atomic mass is 10.0. The monoisotopic (exact) mass is 381 g/mol. The highest BCUT2D eigenvalue weighted by atomic mass is 35.5. The second-order valence-corrected chi connectivity index (χ2v) is 7.23. The zero-order valence-electron chi connectivity index (χ0n) is 14.5. The van der Waals surface area contributed by atoms with Crippen molar-refractivity contribution in [1.29, 1.82) is 0 Å². The molecule has 25 heavy (non-hydrogen) atoms. The number of amides is 1. The number of aryl methyl sites for hydroxylation is 2. The number of rotatable bonds is 4. The maximum absolute atomic E-state index is 12.9. The zero-order valence-corrected chi connectivity index (χ0v) is 16.2. The Morgan fingerprint density at radius 2 is 2.00 bits per heavy atom. The first-order valence-electron chi connectivity index (χ1n) is 8.24. The normalized spacial score (nSPS) is 15.1. The molecule has 0 unspecified atom stereocenters. The Kier molecular flexibility index (Phi) is 6.93. The summed E-state index contributed by atoms with van der Waals surface area (Å²) in [5.74, 6) is 1.69. The van der Waals surface area contributed by atoms with Gasteiger partial charge >= 0.3 is 0 Å². The molecule has 3 rings (SSSR count). The van der Waals surface area contributed by atoms with Gasteiger partial charge in [-0.05, 0) is 38.8 Å². The smallest absolute Gasteiger partial charge is 0.254 e. The van der Waals surface area contributed by atoms with Gasteiger partial charge in [0.25, 0.3) is 5.91 Å². The van der Waals surface area contributed by atoms with Crippen LogP contribution in [0.3, 0.4) is 0 Å². The van der Waals surface area contributed by atoms with E-state index < -0.39 is 0 Å². The van der Waals surface area contributed by atoms with Crippen molar-refractivity contribution in [2.24, 2.45) is 5.73 Å². The van der Waals surface area contributed by atoms with Gasteiger partial charge < -0.3 is 15.2 Å². The number of hydrogen-bond donors (Lipinski definition) is 1. The zero-order chi connectivity index (χ0) is 17.1. The third kappa shape index (κ3) is 4.57. The number of carbonyl (C=O) groups excluding carboxylic acids is 1. The molecule has 1 saturated heterocycles. The molecule has 1 aliphatic rings. The van der Waals surface area contributed by atoms with E-state index in [-0.39, 0.29) is 24.4 Å². The second-order valence-electron chi connectivity index (χ2n) is 6.22. The summed E-state index contributed by atoms with van der Waals surface area (Å²) in [7, 11) is 0. The van der Waals surface area contributed by atoms with E-state index in [1.165, 1.54) is 0 Å². The molecule has 0 radical (unpaired) electrons. The van der Waals surface area contributed by atoms with Crippen LogP contribution in [0.2, 0.25) is 0 Å². The molecule has 136 valence electrons. The topological polar surface area (TPSA) is 72.4 Å². The summed E-state index contributed by atoms with van der Waals surface area (Å²) in [6.07, 6.45) is 1.75. The molecule has 1 amide bonds. The van der Waals surface area contributed by atoms with Gasteiger partial charge in [0, 0.05) is 35.3 Å². The summed E-state index contributed by atoms with van der Waals surface area (Å²) in [5, 5.41) is 3.99. The number of hydrogen-bond acceptors (Lipinski definition) is 5. The number of nitrogens with two attached hydrogens (primary N) is 1. The first-order chi connectivity index (χ1) is 11.6. The standard InChI is InChI=1S/C18H23N3O2S.ClH/c1-12-16(13(2)23-20-12)11-24-17-6-4-3-5-15(17)18(22)21-9-7-14(19)8-10-21;/h3-6,14H,7-11,19H2,1-2H3;1H. The minimum absolute atomic E-state index is 0. The van der Waals surface area contributed by atoms with Crippen LogP contribution in [-0.2, 0) is 5.75 Å². The average molecular weight is 382 g/mol. The average Bonchev–Trinajstić information content (AvgIpc) is 2.91. The van der Waals surface area contributed by atoms with Crippen molar-refractivity contribution < 1.29 is 9.32 Å². The molecule has 1 fully saturated rings. The van der Waals surface area contributed by atoms with Crippen molar-refractivity contribution in [3.05, 3.63) is 46.8 Å². The summed E-state index contributed by atoms with van der Waals surface area (Å²) in [6, 6.07) is 8.03. The van der Waals surface area contributed by atoms with Crippen LogP contribution in [0.4, 0.5) is 0 Å². The predicted molar refractivity (Wildman–Crippen MR) is 102 cm³/mol. The van der Waals surface area contributed by atoms with E-state index in [0.29, 0.717) is 0 Å². The van der Waals surface area contributed by atoms with Gasteiger partial charge in [0.2, 0.25) is 0 Å². The fourth-order valence-corrected chi connectivity index (χ4v) is 4.10. The van der Waals surface area contributed by atoms with Gasteiger partial charge in [0.15, 0.2) is 0 Å². The molecule has 0 saturated carbocycles. The summed E-state index contributed by atoms with van der Waals surface area (Å²) in [6.45, 7) is 5.34. The number of carbonyl (C=O) groups is 1. The highest BCUT2D eigenvalue weighted by Gasteiger charge is 2.23. The van der Waals surface area contributed by atoms with E-state index in [1.807, 2.05) is 43.0 Å². The number of aromatic nitrogens is 1. The Morgan fingerprint density at radius 1 is 1.32 bits per heavy atom. The van der Waals surface area contributed by atoms with Crippen LogP contribution in [-0.4, -0.2) is 35.1 Å². The fourth-order valence-electron chi connectivity index (χ4n) is 2.90. The van der Waals surface area contributed by atoms with Crippen LogP contribution < -0.4 is 5.73 Å². The van der Waals surface area contributed by atoms with E-state index in [2.05, 4.69) is 5.16 Å². The van der Waals surface area contributed by atoms with Gasteiger partial charge in [0.1, 0.15) is 5.76 Å². The molecule has 1 aliphatic heterocycles. The molecule has 0 spiro atoms. The van der Waals surface area contributed by atoms with Crippen LogP contribution in [0.5, 0.6) is 0 Å². The maximum atomic E-state index is 12.9. The third-order valence-electron chi connectivity index (χ3n) is 4.50. The van der Waals surface area contributed by atoms with Crippen molar-refractivity contribution >= 4 is 30.1 Å². The maximum Gasteiger partial charge on any atom is 0.254 e. The van der Waals surface area contributed by atoms with E-state index in [1.54, 1.807) is 11.8 Å². The molecule has 7 heteroatoms. The number of halogens is 1. The molecule has 2 aromatic rings. The lowest BCUT2D eigenvalue weighted by Crippen LogP contribution is -2.43. The van der Waals surface area contributed by atoms with Crippen molar-refractivity contribution in [2.75, 3.05) is 13.1 Å². The molecule has 1 aromatic carbocycles. The SMILES string of the molecule is Cc1noc(C)c1CSc1ccccc1C(=O)N1CCC(N)CC1.Cl. The molecule has 0 aliphatic carbocycles. The van der Waals surface area contributed by atoms with Gasteiger partial charge in [-0.2, -0.15) is 0 Å². The molecule has 2 heterocycles. The van der Waals surface area contributed by atoms with Gasteiger partial charge in [-0.3, -0.25) is 4.79 Å². The first kappa shape index (κ1) is 19.8. The summed E-state index contributed by atoms with van der Waals surface area (Å²) >= 11 is 1.65. The number of benzene rings is 1. The molecule has 5 nitrogen and oxygen atoms in total. The number of thioether (sulfide) groups is 1. The number of piperidine rings is 1. The Bertz CT molecular complexity index is 707. The lowest BCUT2D eigenvalue weighted by Gasteiger charge is -2.30. The highest BCUT2D eigenvalue weighted by molar-refractivity contribution is 7.98. The molecule has 2 N–H and O–H groups in total. The number of likely N-dealkylation sites (tertiary alicyclic amines) is 1. The molecular formula is C18H24ClN3O2S. The molecule has 0 atom stereocenters. The van der Waals surface area contributed by atoms with Crippen molar-refractivity contribution in [1.82, 2.24) is 10.1 Å². The lowest BCUT2D eigenvalue weighted by molar-refractivity contribution is 0.0711. The molecular weight excluding hydrogens is 358 g/mol. The Hall–Kier alpha value is -1.50. The van der Waals surface area contributed by atoms with Crippen LogP contribution in [0.1, 0.15) is 40.2 Å². The predicted octanol–water partition coefficient (Wildman–Crippen LogP) is 3.57. The summed E-state index contributed by atoms with van der Waals surface area (Å²) in [5.41, 5.74) is 8.72. The quantitative estimate of drug-likeness (QED) is 0.819. The number of nitrogens with zero attached hydrogens (tertiary/aromatic N) is 2. The van der Waals surface area contributed by atoms with Crippen LogP contribution >= 0.6 is 24.2 Å². The minimum Gasteiger partial charge on any atom is -0.361 e. The second kappa shape index (κ2) is 8.74. The molecule has 1 aromatic heterocycles. The Balaban J connectivity index is 0.00000225. The summed E-state index contributed by atoms with van der Waals surface area (Å²) in [4.78, 5) is 15.8. The fraction of sp³-hybridized carbons (Fsp3) is 0.444. The van der Waals surface area contributed by atoms with E-state index in [9.17, 15) is 4.79 Å². The summed E-state index contributed by atoms with van der Waals surface area (Å²) < 4.78 is 5.22. The van der Waals surface area contributed by atoms with Crippen LogP contribution in [0, 0.1) is 13.8 Å². The highest BCUT2D eigenvalue weighted by Crippen LogP contribution is 2.29. The van der Waals surface area contributed by atoms with Gasteiger partial charge in [-0.25, -0.2) is 0 Å². The van der Waals surface area contributed by atoms with Crippen LogP contribution in [0.15, 0.2) is 33.7 Å². The van der Waals surface area contributed by atoms with Gasteiger partial charge in [0.05, 0.1) is 11.3 Å². The van der Waals surface area contributed by atoms with E-state index in [0.717, 1.165) is 59.2 Å².